The van der Waals surface area contributed by atoms with E-state index in [2.05, 4.69) is 74.5 Å². The Kier molecular flexibility index (Phi) is 8.97. The van der Waals surface area contributed by atoms with Gasteiger partial charge < -0.3 is 9.16 Å². The topological polar surface area (TPSA) is 35.5 Å². The van der Waals surface area contributed by atoms with Crippen LogP contribution in [0.15, 0.2) is 46.8 Å². The molecular formula is C28H46O3Si. The zero-order valence-corrected chi connectivity index (χ0v) is 23.2. The predicted molar refractivity (Wildman–Crippen MR) is 138 cm³/mol. The molecule has 0 spiro atoms. The molecule has 4 heteroatoms. The van der Waals surface area contributed by atoms with Crippen molar-refractivity contribution >= 4 is 14.1 Å². The molecule has 0 heterocycles. The predicted octanol–water partition coefficient (Wildman–Crippen LogP) is 8.06. The van der Waals surface area contributed by atoms with Crippen LogP contribution in [0.5, 0.6) is 0 Å². The monoisotopic (exact) mass is 458 g/mol. The highest BCUT2D eigenvalue weighted by molar-refractivity contribution is 6.77. The van der Waals surface area contributed by atoms with Crippen LogP contribution in [0.1, 0.15) is 88.0 Å². The third-order valence-corrected chi connectivity index (χ3v) is 13.7. The van der Waals surface area contributed by atoms with Crippen LogP contribution in [0.4, 0.5) is 0 Å². The van der Waals surface area contributed by atoms with E-state index in [4.69, 9.17) is 9.16 Å². The molecule has 0 radical (unpaired) electrons. The summed E-state index contributed by atoms with van der Waals surface area (Å²) >= 11 is 0. The number of fused-ring (bicyclic) bond motifs is 2. The van der Waals surface area contributed by atoms with Gasteiger partial charge in [-0.2, -0.15) is 0 Å². The molecule has 2 atom stereocenters. The summed E-state index contributed by atoms with van der Waals surface area (Å²) in [4.78, 5) is 14.0. The molecule has 2 bridgehead atoms. The minimum absolute atomic E-state index is 0.180. The molecule has 0 N–H and O–H groups in total. The van der Waals surface area contributed by atoms with Gasteiger partial charge in [0.2, 0.25) is 8.32 Å². The molecule has 180 valence electrons. The van der Waals surface area contributed by atoms with Crippen LogP contribution in [-0.4, -0.2) is 27.3 Å². The summed E-state index contributed by atoms with van der Waals surface area (Å²) in [6.07, 6.45) is 11.9. The Morgan fingerprint density at radius 2 is 1.59 bits per heavy atom. The maximum absolute atomic E-state index is 14.0. The minimum atomic E-state index is -2.20. The number of hydrogen-bond donors (Lipinski definition) is 0. The summed E-state index contributed by atoms with van der Waals surface area (Å²) in [5, 5.41) is 0. The van der Waals surface area contributed by atoms with Gasteiger partial charge in [-0.3, -0.25) is 4.79 Å². The van der Waals surface area contributed by atoms with Gasteiger partial charge in [0.05, 0.1) is 18.6 Å². The molecule has 0 saturated heterocycles. The zero-order chi connectivity index (χ0) is 24.3. The van der Waals surface area contributed by atoms with E-state index >= 15 is 0 Å². The molecule has 0 aromatic carbocycles. The standard InChI is InChI=1S/C28H46O3Si/c1-19(2)32(20(3)4,21(5)6)31-26-16-23(8)13-11-12-22(7)14-15-28(9)18-24(30-10)17-25(26)27(28)29/h12,16-21,26H,11,13-15H2,1-10H3/b22-12+,23-16+/t26-,28+/m0/s1. The van der Waals surface area contributed by atoms with E-state index < -0.39 is 13.7 Å². The molecule has 0 amide bonds. The largest absolute Gasteiger partial charge is 0.497 e. The van der Waals surface area contributed by atoms with Crippen molar-refractivity contribution in [1.82, 2.24) is 0 Å². The summed E-state index contributed by atoms with van der Waals surface area (Å²) in [7, 11) is -0.507. The van der Waals surface area contributed by atoms with Crippen LogP contribution in [-0.2, 0) is 14.0 Å². The van der Waals surface area contributed by atoms with Crippen molar-refractivity contribution in [3.05, 3.63) is 46.8 Å². The Morgan fingerprint density at radius 1 is 1.00 bits per heavy atom. The Morgan fingerprint density at radius 3 is 2.12 bits per heavy atom. The molecular weight excluding hydrogens is 412 g/mol. The van der Waals surface area contributed by atoms with E-state index in [1.807, 2.05) is 12.2 Å². The van der Waals surface area contributed by atoms with Crippen LogP contribution >= 0.6 is 0 Å². The quantitative estimate of drug-likeness (QED) is 0.298. The summed E-state index contributed by atoms with van der Waals surface area (Å²) < 4.78 is 12.9. The molecule has 0 aliphatic heterocycles. The number of methoxy groups -OCH3 is 1. The van der Waals surface area contributed by atoms with Crippen molar-refractivity contribution in [3.63, 3.8) is 0 Å². The molecule has 0 saturated carbocycles. The van der Waals surface area contributed by atoms with Crippen LogP contribution < -0.4 is 0 Å². The van der Waals surface area contributed by atoms with Gasteiger partial charge in [-0.25, -0.2) is 0 Å². The average molecular weight is 459 g/mol. The fourth-order valence-electron chi connectivity index (χ4n) is 5.75. The molecule has 0 unspecified atom stereocenters. The summed E-state index contributed by atoms with van der Waals surface area (Å²) in [5.74, 6) is 0.950. The summed E-state index contributed by atoms with van der Waals surface area (Å²) in [6, 6.07) is 0. The number of ether oxygens (including phenoxy) is 1. The lowest BCUT2D eigenvalue weighted by Crippen LogP contribution is -2.51. The highest BCUT2D eigenvalue weighted by Gasteiger charge is 2.48. The van der Waals surface area contributed by atoms with E-state index in [1.54, 1.807) is 7.11 Å². The maximum atomic E-state index is 14.0. The first kappa shape index (κ1) is 26.9. The van der Waals surface area contributed by atoms with E-state index in [0.29, 0.717) is 16.6 Å². The van der Waals surface area contributed by atoms with Crippen LogP contribution in [0.25, 0.3) is 0 Å². The maximum Gasteiger partial charge on any atom is 0.201 e. The molecule has 2 aliphatic carbocycles. The summed E-state index contributed by atoms with van der Waals surface area (Å²) in [5.41, 5.74) is 4.17. The third kappa shape index (κ3) is 5.56. The van der Waals surface area contributed by atoms with Gasteiger partial charge in [-0.05, 0) is 75.2 Å². The fourth-order valence-corrected chi connectivity index (χ4v) is 11.2. The zero-order valence-electron chi connectivity index (χ0n) is 22.2. The van der Waals surface area contributed by atoms with Crippen molar-refractivity contribution in [3.8, 4) is 0 Å². The number of Topliss-reactive ketones (excluding diaryl/α,β-unsaturated/α-hetero) is 1. The number of hydrogen-bond acceptors (Lipinski definition) is 3. The third-order valence-electron chi connectivity index (χ3n) is 7.63. The van der Waals surface area contributed by atoms with Crippen LogP contribution in [0, 0.1) is 5.41 Å². The lowest BCUT2D eigenvalue weighted by atomic mass is 9.73. The minimum Gasteiger partial charge on any atom is -0.497 e. The first-order valence-electron chi connectivity index (χ1n) is 12.4. The lowest BCUT2D eigenvalue weighted by molar-refractivity contribution is -0.123. The van der Waals surface area contributed by atoms with E-state index in [0.717, 1.165) is 37.0 Å². The smallest absolute Gasteiger partial charge is 0.201 e. The molecule has 2 aliphatic rings. The van der Waals surface area contributed by atoms with Crippen molar-refractivity contribution in [2.75, 3.05) is 7.11 Å². The molecule has 3 nitrogen and oxygen atoms in total. The molecule has 2 rings (SSSR count). The number of carbonyl (C=O) groups is 1. The van der Waals surface area contributed by atoms with E-state index in [9.17, 15) is 4.79 Å². The second-order valence-electron chi connectivity index (χ2n) is 11.1. The van der Waals surface area contributed by atoms with Gasteiger partial charge in [-0.1, -0.05) is 64.8 Å². The van der Waals surface area contributed by atoms with Gasteiger partial charge in [-0.15, -0.1) is 0 Å². The van der Waals surface area contributed by atoms with E-state index in [-0.39, 0.29) is 11.9 Å². The van der Waals surface area contributed by atoms with Crippen molar-refractivity contribution in [1.29, 1.82) is 0 Å². The first-order valence-corrected chi connectivity index (χ1v) is 14.5. The van der Waals surface area contributed by atoms with Crippen molar-refractivity contribution < 1.29 is 14.0 Å². The molecule has 0 aromatic rings. The highest BCUT2D eigenvalue weighted by atomic mass is 28.4. The van der Waals surface area contributed by atoms with Crippen LogP contribution in [0.3, 0.4) is 0 Å². The van der Waals surface area contributed by atoms with Gasteiger partial charge in [0.25, 0.3) is 0 Å². The SMILES string of the molecule is COC1=C[C@@]2(C)CC/C(C)=C/CC/C(C)=C/[C@H](O[Si](C(C)C)(C(C)C)C(C)C)C(=C1)C2=O. The Balaban J connectivity index is 2.69. The van der Waals surface area contributed by atoms with E-state index in [1.165, 1.54) is 11.1 Å². The highest BCUT2D eigenvalue weighted by Crippen LogP contribution is 2.46. The van der Waals surface area contributed by atoms with Gasteiger partial charge in [0.1, 0.15) is 5.76 Å². The van der Waals surface area contributed by atoms with Crippen molar-refractivity contribution in [2.24, 2.45) is 5.41 Å². The van der Waals surface area contributed by atoms with Gasteiger partial charge >= 0.3 is 0 Å². The number of carbonyl (C=O) groups excluding carboxylic acids is 1. The molecule has 0 fully saturated rings. The van der Waals surface area contributed by atoms with Gasteiger partial charge in [0, 0.05) is 5.57 Å². The summed E-state index contributed by atoms with van der Waals surface area (Å²) in [6.45, 7) is 20.2. The van der Waals surface area contributed by atoms with Crippen molar-refractivity contribution in [2.45, 2.75) is 111 Å². The fraction of sp³-hybridized carbons (Fsp3) is 0.679. The Labute approximate surface area is 198 Å². The normalized spacial score (nSPS) is 28.9. The van der Waals surface area contributed by atoms with Crippen LogP contribution in [0.2, 0.25) is 16.6 Å². The second kappa shape index (κ2) is 10.7. The first-order chi connectivity index (χ1) is 14.9. The second-order valence-corrected chi connectivity index (χ2v) is 16.5. The number of ketones is 1. The molecule has 32 heavy (non-hydrogen) atoms. The Hall–Kier alpha value is -1.39. The van der Waals surface area contributed by atoms with Gasteiger partial charge in [0.15, 0.2) is 5.78 Å². The number of allylic oxidation sites excluding steroid dienone is 5. The number of rotatable bonds is 6. The Bertz CT molecular complexity index is 791. The lowest BCUT2D eigenvalue weighted by Gasteiger charge is -2.45. The molecule has 0 aromatic heterocycles. The average Bonchev–Trinajstić information content (AvgIpc) is 2.70.